The molecule has 0 saturated heterocycles. The molecule has 4 rings (SSSR count). The molecule has 1 aliphatic carbocycles. The maximum Gasteiger partial charge on any atom is 0.352 e. The summed E-state index contributed by atoms with van der Waals surface area (Å²) in [7, 11) is 0. The normalized spacial score (nSPS) is 15.1. The number of carbonyl (C=O) groups excluding carboxylic acids is 1. The van der Waals surface area contributed by atoms with Gasteiger partial charge < -0.3 is 5.32 Å². The van der Waals surface area contributed by atoms with Gasteiger partial charge in [-0.2, -0.15) is 0 Å². The number of aromatic nitrogens is 4. The van der Waals surface area contributed by atoms with Crippen LogP contribution in [-0.4, -0.2) is 25.1 Å². The van der Waals surface area contributed by atoms with Gasteiger partial charge in [0.05, 0.1) is 16.1 Å². The van der Waals surface area contributed by atoms with E-state index in [1.54, 1.807) is 24.4 Å². The Labute approximate surface area is 164 Å². The summed E-state index contributed by atoms with van der Waals surface area (Å²) in [5.74, 6) is 0.358. The Bertz CT molecular complexity index is 1090. The number of carbonyl (C=O) groups is 1. The molecule has 1 amide bonds. The minimum atomic E-state index is -0.350. The molecule has 0 spiro atoms. The molecule has 2 aromatic heterocycles. The maximum atomic E-state index is 12.7. The van der Waals surface area contributed by atoms with Crippen molar-refractivity contribution in [1.82, 2.24) is 24.5 Å². The van der Waals surface area contributed by atoms with E-state index < -0.39 is 0 Å². The van der Waals surface area contributed by atoms with Crippen molar-refractivity contribution in [2.45, 2.75) is 38.3 Å². The first-order chi connectivity index (χ1) is 12.9. The van der Waals surface area contributed by atoms with Crippen molar-refractivity contribution >= 4 is 34.9 Å². The second-order valence-electron chi connectivity index (χ2n) is 6.68. The number of halogens is 2. The summed E-state index contributed by atoms with van der Waals surface area (Å²) in [5, 5.41) is 7.90. The summed E-state index contributed by atoms with van der Waals surface area (Å²) in [6.45, 7) is 1.65. The van der Waals surface area contributed by atoms with Crippen molar-refractivity contribution in [1.29, 1.82) is 0 Å². The zero-order chi connectivity index (χ0) is 19.1. The summed E-state index contributed by atoms with van der Waals surface area (Å²) in [5.41, 5.74) is 1.37. The molecule has 140 valence electrons. The molecule has 1 aliphatic rings. The lowest BCUT2D eigenvalue weighted by atomic mass is 10.1. The Balaban J connectivity index is 1.52. The molecule has 1 aromatic carbocycles. The molecule has 1 atom stereocenters. The topological polar surface area (TPSA) is 81.3 Å². The minimum absolute atomic E-state index is 0.183. The van der Waals surface area contributed by atoms with Crippen LogP contribution >= 0.6 is 23.2 Å². The van der Waals surface area contributed by atoms with Crippen molar-refractivity contribution in [2.75, 3.05) is 0 Å². The highest BCUT2D eigenvalue weighted by atomic mass is 35.5. The van der Waals surface area contributed by atoms with Crippen LogP contribution in [0.25, 0.3) is 5.78 Å². The summed E-state index contributed by atoms with van der Waals surface area (Å²) < 4.78 is 2.64. The van der Waals surface area contributed by atoms with E-state index in [9.17, 15) is 9.59 Å². The number of rotatable bonds is 5. The zero-order valence-electron chi connectivity index (χ0n) is 14.5. The van der Waals surface area contributed by atoms with Crippen LogP contribution in [0.2, 0.25) is 10.0 Å². The van der Waals surface area contributed by atoms with Crippen molar-refractivity contribution in [3.63, 3.8) is 0 Å². The SMILES string of the molecule is C[C@H](NC(=O)Cn1nc2nccc(C3CC3)n2c1=O)c1ccc(Cl)c(Cl)c1. The number of hydrogen-bond acceptors (Lipinski definition) is 4. The first-order valence-corrected chi connectivity index (χ1v) is 9.38. The molecule has 7 nitrogen and oxygen atoms in total. The van der Waals surface area contributed by atoms with Crippen molar-refractivity contribution in [3.05, 3.63) is 62.2 Å². The monoisotopic (exact) mass is 405 g/mol. The van der Waals surface area contributed by atoms with Gasteiger partial charge in [0.15, 0.2) is 0 Å². The lowest BCUT2D eigenvalue weighted by Gasteiger charge is -2.14. The Kier molecular flexibility index (Phi) is 4.65. The predicted molar refractivity (Wildman–Crippen MR) is 102 cm³/mol. The highest BCUT2D eigenvalue weighted by Gasteiger charge is 2.28. The van der Waals surface area contributed by atoms with E-state index in [1.807, 2.05) is 13.0 Å². The number of nitrogens with zero attached hydrogens (tertiary/aromatic N) is 4. The van der Waals surface area contributed by atoms with Gasteiger partial charge in [0, 0.05) is 11.9 Å². The molecule has 3 aromatic rings. The van der Waals surface area contributed by atoms with E-state index in [4.69, 9.17) is 23.2 Å². The smallest absolute Gasteiger partial charge is 0.348 e. The Hall–Kier alpha value is -2.38. The van der Waals surface area contributed by atoms with E-state index in [0.29, 0.717) is 21.7 Å². The van der Waals surface area contributed by atoms with Gasteiger partial charge in [-0.1, -0.05) is 29.3 Å². The molecular formula is C18H17Cl2N5O2. The molecule has 1 N–H and O–H groups in total. The van der Waals surface area contributed by atoms with Crippen LogP contribution in [0, 0.1) is 0 Å². The van der Waals surface area contributed by atoms with Crippen LogP contribution in [0.1, 0.15) is 43.0 Å². The molecule has 1 saturated carbocycles. The third-order valence-electron chi connectivity index (χ3n) is 4.63. The summed E-state index contributed by atoms with van der Waals surface area (Å²) in [6, 6.07) is 6.73. The van der Waals surface area contributed by atoms with Crippen LogP contribution < -0.4 is 11.0 Å². The second-order valence-corrected chi connectivity index (χ2v) is 7.50. The number of fused-ring (bicyclic) bond motifs is 1. The Morgan fingerprint density at radius 2 is 2.07 bits per heavy atom. The average Bonchev–Trinajstić information content (AvgIpc) is 3.43. The molecule has 1 fully saturated rings. The van der Waals surface area contributed by atoms with Crippen LogP contribution in [0.4, 0.5) is 0 Å². The lowest BCUT2D eigenvalue weighted by Crippen LogP contribution is -2.34. The first-order valence-electron chi connectivity index (χ1n) is 8.63. The summed E-state index contributed by atoms with van der Waals surface area (Å²) in [4.78, 5) is 29.2. The molecule has 0 radical (unpaired) electrons. The highest BCUT2D eigenvalue weighted by Crippen LogP contribution is 2.39. The summed E-state index contributed by atoms with van der Waals surface area (Å²) in [6.07, 6.45) is 3.75. The number of amides is 1. The molecule has 0 unspecified atom stereocenters. The van der Waals surface area contributed by atoms with Crippen LogP contribution in [0.15, 0.2) is 35.3 Å². The van der Waals surface area contributed by atoms with E-state index in [2.05, 4.69) is 15.4 Å². The highest BCUT2D eigenvalue weighted by molar-refractivity contribution is 6.42. The molecule has 0 bridgehead atoms. The predicted octanol–water partition coefficient (Wildman–Crippen LogP) is 2.95. The standard InChI is InChI=1S/C18H17Cl2N5O2/c1-10(12-4-5-13(19)14(20)8-12)22-16(26)9-24-18(27)25-15(11-2-3-11)6-7-21-17(25)23-24/h4-8,10-11H,2-3,9H2,1H3,(H,22,26)/t10-/m0/s1. The third kappa shape index (κ3) is 3.57. The average molecular weight is 406 g/mol. The van der Waals surface area contributed by atoms with Crippen molar-refractivity contribution in [3.8, 4) is 0 Å². The first kappa shape index (κ1) is 18.0. The van der Waals surface area contributed by atoms with Crippen molar-refractivity contribution < 1.29 is 4.79 Å². The maximum absolute atomic E-state index is 12.7. The fourth-order valence-corrected chi connectivity index (χ4v) is 3.36. The Morgan fingerprint density at radius 3 is 2.78 bits per heavy atom. The fraction of sp³-hybridized carbons (Fsp3) is 0.333. The molecular weight excluding hydrogens is 389 g/mol. The van der Waals surface area contributed by atoms with E-state index in [1.165, 1.54) is 4.40 Å². The van der Waals surface area contributed by atoms with Gasteiger partial charge >= 0.3 is 5.69 Å². The number of nitrogens with one attached hydrogen (secondary N) is 1. The van der Waals surface area contributed by atoms with Gasteiger partial charge in [-0.05, 0) is 49.4 Å². The minimum Gasteiger partial charge on any atom is -0.348 e. The van der Waals surface area contributed by atoms with E-state index >= 15 is 0 Å². The van der Waals surface area contributed by atoms with Gasteiger partial charge in [-0.15, -0.1) is 5.10 Å². The van der Waals surface area contributed by atoms with Gasteiger partial charge in [0.1, 0.15) is 6.54 Å². The van der Waals surface area contributed by atoms with Crippen molar-refractivity contribution in [2.24, 2.45) is 0 Å². The van der Waals surface area contributed by atoms with E-state index in [0.717, 1.165) is 28.8 Å². The molecule has 2 heterocycles. The number of benzene rings is 1. The molecule has 27 heavy (non-hydrogen) atoms. The molecule has 9 heteroatoms. The second kappa shape index (κ2) is 6.98. The van der Waals surface area contributed by atoms with Gasteiger partial charge in [-0.25, -0.2) is 18.9 Å². The lowest BCUT2D eigenvalue weighted by molar-refractivity contribution is -0.122. The van der Waals surface area contributed by atoms with Crippen LogP contribution in [0.5, 0.6) is 0 Å². The third-order valence-corrected chi connectivity index (χ3v) is 5.36. The quantitative estimate of drug-likeness (QED) is 0.707. The van der Waals surface area contributed by atoms with Gasteiger partial charge in [0.2, 0.25) is 5.91 Å². The van der Waals surface area contributed by atoms with Gasteiger partial charge in [0.25, 0.3) is 5.78 Å². The van der Waals surface area contributed by atoms with E-state index in [-0.39, 0.29) is 24.2 Å². The molecule has 0 aliphatic heterocycles. The van der Waals surface area contributed by atoms with Crippen LogP contribution in [-0.2, 0) is 11.3 Å². The Morgan fingerprint density at radius 1 is 1.30 bits per heavy atom. The summed E-state index contributed by atoms with van der Waals surface area (Å²) >= 11 is 11.9. The van der Waals surface area contributed by atoms with Gasteiger partial charge in [-0.3, -0.25) is 4.79 Å². The largest absolute Gasteiger partial charge is 0.352 e. The number of hydrogen-bond donors (Lipinski definition) is 1. The zero-order valence-corrected chi connectivity index (χ0v) is 16.0. The van der Waals surface area contributed by atoms with Crippen LogP contribution in [0.3, 0.4) is 0 Å². The fourth-order valence-electron chi connectivity index (χ4n) is 3.05.